The van der Waals surface area contributed by atoms with Crippen LogP contribution in [0.1, 0.15) is 63.2 Å². The molecular formula is C21H27NO4. The molecular weight excluding hydrogens is 330 g/mol. The monoisotopic (exact) mass is 357 g/mol. The van der Waals surface area contributed by atoms with Crippen molar-refractivity contribution < 1.29 is 19.1 Å². The van der Waals surface area contributed by atoms with E-state index in [-0.39, 0.29) is 23.0 Å². The van der Waals surface area contributed by atoms with Crippen LogP contribution in [0.2, 0.25) is 0 Å². The average Bonchev–Trinajstić information content (AvgIpc) is 2.65. The minimum atomic E-state index is -0.754. The summed E-state index contributed by atoms with van der Waals surface area (Å²) < 4.78 is 5.07. The van der Waals surface area contributed by atoms with Crippen molar-refractivity contribution in [2.45, 2.75) is 52.9 Å². The Hall–Kier alpha value is -2.30. The lowest BCUT2D eigenvalue weighted by molar-refractivity contribution is -0.137. The summed E-state index contributed by atoms with van der Waals surface area (Å²) in [4.78, 5) is 40.9. The van der Waals surface area contributed by atoms with Gasteiger partial charge in [-0.1, -0.05) is 20.8 Å². The number of Topliss-reactive ketones (excluding diaryl/α,β-unsaturated/α-hetero) is 2. The van der Waals surface area contributed by atoms with Crippen LogP contribution < -0.4 is 0 Å². The van der Waals surface area contributed by atoms with Crippen molar-refractivity contribution in [2.24, 2.45) is 16.3 Å². The molecule has 0 unspecified atom stereocenters. The summed E-state index contributed by atoms with van der Waals surface area (Å²) in [6.45, 7) is 6.39. The highest BCUT2D eigenvalue weighted by Gasteiger charge is 2.42. The van der Waals surface area contributed by atoms with Gasteiger partial charge in [0, 0.05) is 19.1 Å². The average molecular weight is 357 g/mol. The molecule has 1 aliphatic carbocycles. The van der Waals surface area contributed by atoms with E-state index in [9.17, 15) is 14.4 Å². The number of ketones is 2. The maximum atomic E-state index is 12.4. The second kappa shape index (κ2) is 8.88. The first-order valence-corrected chi connectivity index (χ1v) is 9.31. The summed E-state index contributed by atoms with van der Waals surface area (Å²) >= 11 is 0. The van der Waals surface area contributed by atoms with E-state index >= 15 is 0 Å². The summed E-state index contributed by atoms with van der Waals surface area (Å²) in [6, 6.07) is 6.63. The van der Waals surface area contributed by atoms with Gasteiger partial charge < -0.3 is 4.74 Å². The van der Waals surface area contributed by atoms with E-state index in [0.717, 1.165) is 19.3 Å². The Morgan fingerprint density at radius 2 is 1.69 bits per heavy atom. The Morgan fingerprint density at radius 3 is 2.19 bits per heavy atom. The van der Waals surface area contributed by atoms with Crippen molar-refractivity contribution in [2.75, 3.05) is 6.61 Å². The molecule has 0 amide bonds. The van der Waals surface area contributed by atoms with Gasteiger partial charge >= 0.3 is 5.97 Å². The van der Waals surface area contributed by atoms with Crippen LogP contribution in [0.15, 0.2) is 29.3 Å². The molecule has 1 aromatic rings. The predicted octanol–water partition coefficient (Wildman–Crippen LogP) is 4.31. The third-order valence-electron chi connectivity index (χ3n) is 5.21. The van der Waals surface area contributed by atoms with Crippen LogP contribution >= 0.6 is 0 Å². The van der Waals surface area contributed by atoms with Crippen molar-refractivity contribution in [3.8, 4) is 0 Å². The number of ether oxygens (including phenoxy) is 1. The van der Waals surface area contributed by atoms with Crippen molar-refractivity contribution in [1.82, 2.24) is 0 Å². The highest BCUT2D eigenvalue weighted by Crippen LogP contribution is 2.40. The quantitative estimate of drug-likeness (QED) is 0.414. The van der Waals surface area contributed by atoms with Gasteiger partial charge in [-0.3, -0.25) is 14.6 Å². The first kappa shape index (κ1) is 20.0. The zero-order chi connectivity index (χ0) is 19.2. The van der Waals surface area contributed by atoms with Crippen LogP contribution in [0.5, 0.6) is 0 Å². The molecule has 0 radical (unpaired) electrons. The molecule has 1 aromatic carbocycles. The molecule has 0 saturated heterocycles. The third kappa shape index (κ3) is 4.65. The second-order valence-corrected chi connectivity index (χ2v) is 6.93. The summed E-state index contributed by atoms with van der Waals surface area (Å²) in [7, 11) is 0. The van der Waals surface area contributed by atoms with Crippen LogP contribution in [-0.2, 0) is 14.3 Å². The molecule has 5 nitrogen and oxygen atoms in total. The maximum Gasteiger partial charge on any atom is 0.338 e. The Kier molecular flexibility index (Phi) is 6.83. The van der Waals surface area contributed by atoms with Crippen LogP contribution in [0.3, 0.4) is 0 Å². The molecule has 1 saturated carbocycles. The number of rotatable bonds is 7. The number of benzene rings is 1. The number of carbonyl (C=O) groups excluding carboxylic acids is 3. The first-order valence-electron chi connectivity index (χ1n) is 9.31. The lowest BCUT2D eigenvalue weighted by Gasteiger charge is -2.36. The van der Waals surface area contributed by atoms with Crippen LogP contribution in [0.4, 0.5) is 5.69 Å². The minimum Gasteiger partial charge on any atom is -0.462 e. The molecule has 140 valence electrons. The molecule has 0 bridgehead atoms. The SMILES string of the molecule is CCCOC(=O)c1ccc(N=CC2C(=O)CC(CC)(CC)CC2=O)cc1. The van der Waals surface area contributed by atoms with E-state index in [2.05, 4.69) is 4.99 Å². The standard InChI is InChI=1S/C21H27NO4/c1-4-11-26-20(25)15-7-9-16(10-8-15)22-14-17-18(23)12-21(5-2,6-3)13-19(17)24/h7-10,14,17H,4-6,11-13H2,1-3H3. The summed E-state index contributed by atoms with van der Waals surface area (Å²) in [5.41, 5.74) is 0.872. The van der Waals surface area contributed by atoms with Gasteiger partial charge in [0.15, 0.2) is 0 Å². The predicted molar refractivity (Wildman–Crippen MR) is 101 cm³/mol. The van der Waals surface area contributed by atoms with E-state index < -0.39 is 5.92 Å². The minimum absolute atomic E-state index is 0.0477. The van der Waals surface area contributed by atoms with Gasteiger partial charge in [0.1, 0.15) is 17.5 Å². The molecule has 0 aliphatic heterocycles. The van der Waals surface area contributed by atoms with Gasteiger partial charge in [0.2, 0.25) is 0 Å². The zero-order valence-electron chi connectivity index (χ0n) is 15.8. The van der Waals surface area contributed by atoms with E-state index in [4.69, 9.17) is 4.74 Å². The van der Waals surface area contributed by atoms with E-state index in [1.54, 1.807) is 24.3 Å². The largest absolute Gasteiger partial charge is 0.462 e. The molecule has 1 fully saturated rings. The summed E-state index contributed by atoms with van der Waals surface area (Å²) in [5, 5.41) is 0. The van der Waals surface area contributed by atoms with E-state index in [1.165, 1.54) is 6.21 Å². The number of nitrogens with zero attached hydrogens (tertiary/aromatic N) is 1. The fourth-order valence-electron chi connectivity index (χ4n) is 3.24. The fourth-order valence-corrected chi connectivity index (χ4v) is 3.24. The number of hydrogen-bond donors (Lipinski definition) is 0. The van der Waals surface area contributed by atoms with Gasteiger partial charge in [0.25, 0.3) is 0 Å². The first-order chi connectivity index (χ1) is 12.4. The van der Waals surface area contributed by atoms with Gasteiger partial charge in [-0.25, -0.2) is 4.79 Å². The highest BCUT2D eigenvalue weighted by atomic mass is 16.5. The second-order valence-electron chi connectivity index (χ2n) is 6.93. The van der Waals surface area contributed by atoms with Crippen LogP contribution in [0, 0.1) is 11.3 Å². The van der Waals surface area contributed by atoms with Crippen LogP contribution in [-0.4, -0.2) is 30.4 Å². The third-order valence-corrected chi connectivity index (χ3v) is 5.21. The maximum absolute atomic E-state index is 12.4. The van der Waals surface area contributed by atoms with Crippen molar-refractivity contribution in [1.29, 1.82) is 0 Å². The Labute approximate surface area is 154 Å². The lowest BCUT2D eigenvalue weighted by atomic mass is 9.66. The topological polar surface area (TPSA) is 72.8 Å². The summed E-state index contributed by atoms with van der Waals surface area (Å²) in [5.74, 6) is -1.21. The van der Waals surface area contributed by atoms with Crippen molar-refractivity contribution >= 4 is 29.4 Å². The van der Waals surface area contributed by atoms with Gasteiger partial charge in [-0.05, 0) is 48.9 Å². The van der Waals surface area contributed by atoms with Crippen molar-refractivity contribution in [3.05, 3.63) is 29.8 Å². The Bertz CT molecular complexity index is 666. The van der Waals surface area contributed by atoms with Crippen LogP contribution in [0.25, 0.3) is 0 Å². The molecule has 1 aliphatic rings. The molecule has 2 rings (SSSR count). The molecule has 0 N–H and O–H groups in total. The van der Waals surface area contributed by atoms with E-state index in [0.29, 0.717) is 30.7 Å². The van der Waals surface area contributed by atoms with Gasteiger partial charge in [0.05, 0.1) is 17.9 Å². The Balaban J connectivity index is 2.04. The fraction of sp³-hybridized carbons (Fsp3) is 0.524. The molecule has 5 heteroatoms. The van der Waals surface area contributed by atoms with Gasteiger partial charge in [-0.2, -0.15) is 0 Å². The number of aliphatic imine (C=N–C) groups is 1. The normalized spacial score (nSPS) is 17.7. The lowest BCUT2D eigenvalue weighted by Crippen LogP contribution is -2.40. The molecule has 0 atom stereocenters. The number of esters is 1. The van der Waals surface area contributed by atoms with Gasteiger partial charge in [-0.15, -0.1) is 0 Å². The number of carbonyl (C=O) groups is 3. The molecule has 0 aromatic heterocycles. The molecule has 0 heterocycles. The molecule has 0 spiro atoms. The zero-order valence-corrected chi connectivity index (χ0v) is 15.8. The van der Waals surface area contributed by atoms with E-state index in [1.807, 2.05) is 20.8 Å². The molecule has 26 heavy (non-hydrogen) atoms. The highest BCUT2D eigenvalue weighted by molar-refractivity contribution is 6.16. The smallest absolute Gasteiger partial charge is 0.338 e. The summed E-state index contributed by atoms with van der Waals surface area (Å²) in [6.07, 6.45) is 4.76. The number of hydrogen-bond acceptors (Lipinski definition) is 5. The Morgan fingerprint density at radius 1 is 1.12 bits per heavy atom. The van der Waals surface area contributed by atoms with Crippen molar-refractivity contribution in [3.63, 3.8) is 0 Å².